The first-order valence-corrected chi connectivity index (χ1v) is 11.4. The van der Waals surface area contributed by atoms with Crippen molar-refractivity contribution >= 4 is 11.9 Å². The van der Waals surface area contributed by atoms with Crippen LogP contribution >= 0.6 is 0 Å². The van der Waals surface area contributed by atoms with Crippen LogP contribution in [0.3, 0.4) is 0 Å². The average molecular weight is 413 g/mol. The minimum absolute atomic E-state index is 0.0119. The van der Waals surface area contributed by atoms with Crippen molar-refractivity contribution in [3.63, 3.8) is 0 Å². The molecule has 0 radical (unpaired) electrons. The second-order valence-corrected chi connectivity index (χ2v) is 9.50. The summed E-state index contributed by atoms with van der Waals surface area (Å²) in [7, 11) is 0. The fourth-order valence-electron chi connectivity index (χ4n) is 5.28. The lowest BCUT2D eigenvalue weighted by Gasteiger charge is -2.37. The van der Waals surface area contributed by atoms with Crippen LogP contribution in [0.1, 0.15) is 43.7 Å². The number of imide groups is 1. The van der Waals surface area contributed by atoms with Crippen molar-refractivity contribution in [2.24, 2.45) is 5.92 Å². The molecule has 2 saturated heterocycles. The van der Waals surface area contributed by atoms with Gasteiger partial charge in [-0.2, -0.15) is 0 Å². The van der Waals surface area contributed by atoms with Crippen LogP contribution in [0.15, 0.2) is 18.2 Å². The number of ether oxygens (including phenoxy) is 1. The highest BCUT2D eigenvalue weighted by atomic mass is 16.5. The van der Waals surface area contributed by atoms with Gasteiger partial charge in [-0.25, -0.2) is 9.69 Å². The average Bonchev–Trinajstić information content (AvgIpc) is 3.30. The lowest BCUT2D eigenvalue weighted by atomic mass is 9.77. The van der Waals surface area contributed by atoms with E-state index in [1.165, 1.54) is 16.0 Å². The molecule has 1 spiro atoms. The monoisotopic (exact) mass is 412 g/mol. The first kappa shape index (κ1) is 19.8. The zero-order valence-electron chi connectivity index (χ0n) is 17.9. The number of piperazine rings is 1. The maximum absolute atomic E-state index is 13.1. The van der Waals surface area contributed by atoms with Gasteiger partial charge in [0, 0.05) is 39.1 Å². The van der Waals surface area contributed by atoms with Crippen LogP contribution in [-0.2, 0) is 17.8 Å². The summed E-state index contributed by atoms with van der Waals surface area (Å²) in [5.74, 6) is 1.66. The minimum atomic E-state index is -0.636. The quantitative estimate of drug-likeness (QED) is 0.768. The van der Waals surface area contributed by atoms with Crippen LogP contribution in [0, 0.1) is 5.92 Å². The fourth-order valence-corrected chi connectivity index (χ4v) is 5.28. The summed E-state index contributed by atoms with van der Waals surface area (Å²) in [5, 5.41) is 3.03. The zero-order valence-corrected chi connectivity index (χ0v) is 17.9. The number of carbonyl (C=O) groups excluding carboxylic acids is 2. The van der Waals surface area contributed by atoms with Crippen LogP contribution < -0.4 is 10.1 Å². The van der Waals surface area contributed by atoms with Gasteiger partial charge in [0.2, 0.25) is 0 Å². The van der Waals surface area contributed by atoms with Crippen LogP contribution in [0.2, 0.25) is 0 Å². The van der Waals surface area contributed by atoms with Crippen molar-refractivity contribution in [1.82, 2.24) is 20.0 Å². The molecule has 1 aliphatic carbocycles. The molecule has 0 aromatic heterocycles. The van der Waals surface area contributed by atoms with Crippen molar-refractivity contribution < 1.29 is 14.3 Å². The molecule has 0 bridgehead atoms. The Labute approximate surface area is 178 Å². The number of fused-ring (bicyclic) bond motifs is 1. The summed E-state index contributed by atoms with van der Waals surface area (Å²) in [6.07, 6.45) is 4.56. The summed E-state index contributed by atoms with van der Waals surface area (Å²) < 4.78 is 5.60. The molecule has 1 aromatic carbocycles. The Bertz CT molecular complexity index is 826. The van der Waals surface area contributed by atoms with Gasteiger partial charge < -0.3 is 10.1 Å². The fraction of sp³-hybridized carbons (Fsp3) is 0.652. The van der Waals surface area contributed by atoms with Gasteiger partial charge in [-0.05, 0) is 48.8 Å². The SMILES string of the molecule is CC1CCC2(CC1)NC(=O)N(CN1CCN(Cc3ccc4c(c3)CCO4)CC1)C2=O. The third-order valence-corrected chi connectivity index (χ3v) is 7.34. The summed E-state index contributed by atoms with van der Waals surface area (Å²) in [6, 6.07) is 6.31. The van der Waals surface area contributed by atoms with E-state index in [9.17, 15) is 9.59 Å². The molecule has 5 rings (SSSR count). The summed E-state index contributed by atoms with van der Waals surface area (Å²) in [5.41, 5.74) is 2.01. The second kappa shape index (κ2) is 7.85. The number of rotatable bonds is 4. The number of amides is 3. The summed E-state index contributed by atoms with van der Waals surface area (Å²) in [6.45, 7) is 7.99. The normalized spacial score (nSPS) is 29.9. The predicted molar refractivity (Wildman–Crippen MR) is 113 cm³/mol. The Morgan fingerprint density at radius 3 is 2.60 bits per heavy atom. The Balaban J connectivity index is 1.14. The number of nitrogens with zero attached hydrogens (tertiary/aromatic N) is 3. The molecule has 4 aliphatic rings. The molecule has 30 heavy (non-hydrogen) atoms. The van der Waals surface area contributed by atoms with E-state index in [0.29, 0.717) is 12.6 Å². The second-order valence-electron chi connectivity index (χ2n) is 9.50. The highest BCUT2D eigenvalue weighted by Crippen LogP contribution is 2.36. The molecule has 3 aliphatic heterocycles. The zero-order chi connectivity index (χ0) is 20.7. The van der Waals surface area contributed by atoms with Gasteiger partial charge in [0.25, 0.3) is 5.91 Å². The smallest absolute Gasteiger partial charge is 0.326 e. The Morgan fingerprint density at radius 2 is 1.83 bits per heavy atom. The van der Waals surface area contributed by atoms with E-state index in [4.69, 9.17) is 4.74 Å². The Hall–Kier alpha value is -2.12. The maximum atomic E-state index is 13.1. The van der Waals surface area contributed by atoms with Gasteiger partial charge in [0.1, 0.15) is 11.3 Å². The molecule has 7 nitrogen and oxygen atoms in total. The van der Waals surface area contributed by atoms with E-state index in [-0.39, 0.29) is 11.9 Å². The molecule has 1 aromatic rings. The Kier molecular flexibility index (Phi) is 5.19. The highest BCUT2D eigenvalue weighted by molar-refractivity contribution is 6.07. The van der Waals surface area contributed by atoms with Crippen molar-refractivity contribution in [3.05, 3.63) is 29.3 Å². The number of hydrogen-bond acceptors (Lipinski definition) is 5. The molecule has 3 fully saturated rings. The van der Waals surface area contributed by atoms with Crippen molar-refractivity contribution in [2.75, 3.05) is 39.5 Å². The highest BCUT2D eigenvalue weighted by Gasteiger charge is 2.52. The van der Waals surface area contributed by atoms with Gasteiger partial charge in [0.05, 0.1) is 13.3 Å². The van der Waals surface area contributed by atoms with E-state index >= 15 is 0 Å². The molecule has 7 heteroatoms. The van der Waals surface area contributed by atoms with Crippen LogP contribution in [0.4, 0.5) is 4.79 Å². The maximum Gasteiger partial charge on any atom is 0.326 e. The third-order valence-electron chi connectivity index (χ3n) is 7.34. The van der Waals surface area contributed by atoms with Gasteiger partial charge in [-0.3, -0.25) is 14.6 Å². The topological polar surface area (TPSA) is 65.1 Å². The predicted octanol–water partition coefficient (Wildman–Crippen LogP) is 2.20. The van der Waals surface area contributed by atoms with Crippen molar-refractivity contribution in [3.8, 4) is 5.75 Å². The third kappa shape index (κ3) is 3.69. The van der Waals surface area contributed by atoms with Gasteiger partial charge in [-0.1, -0.05) is 19.1 Å². The molecule has 162 valence electrons. The molecule has 0 unspecified atom stereocenters. The first-order chi connectivity index (χ1) is 14.5. The summed E-state index contributed by atoms with van der Waals surface area (Å²) >= 11 is 0. The van der Waals surface area contributed by atoms with Crippen LogP contribution in [0.25, 0.3) is 0 Å². The number of hydrogen-bond donors (Lipinski definition) is 1. The lowest BCUT2D eigenvalue weighted by molar-refractivity contribution is -0.134. The molecule has 3 amide bonds. The van der Waals surface area contributed by atoms with Gasteiger partial charge >= 0.3 is 6.03 Å². The van der Waals surface area contributed by atoms with E-state index in [0.717, 1.165) is 77.2 Å². The Morgan fingerprint density at radius 1 is 1.10 bits per heavy atom. The van der Waals surface area contributed by atoms with Crippen LogP contribution in [-0.4, -0.2) is 71.6 Å². The number of urea groups is 1. The number of carbonyl (C=O) groups is 2. The van der Waals surface area contributed by atoms with E-state index in [2.05, 4.69) is 40.2 Å². The molecule has 1 N–H and O–H groups in total. The number of benzene rings is 1. The van der Waals surface area contributed by atoms with Gasteiger partial charge in [0.15, 0.2) is 0 Å². The van der Waals surface area contributed by atoms with Crippen molar-refractivity contribution in [1.29, 1.82) is 0 Å². The minimum Gasteiger partial charge on any atom is -0.493 e. The van der Waals surface area contributed by atoms with Gasteiger partial charge in [-0.15, -0.1) is 0 Å². The number of nitrogens with one attached hydrogen (secondary N) is 1. The van der Waals surface area contributed by atoms with E-state index in [1.807, 2.05) is 0 Å². The van der Waals surface area contributed by atoms with E-state index in [1.54, 1.807) is 0 Å². The van der Waals surface area contributed by atoms with E-state index < -0.39 is 5.54 Å². The molecule has 3 heterocycles. The standard InChI is InChI=1S/C23H32N4O3/c1-17-4-7-23(8-5-17)21(28)27(22(29)24-23)16-26-11-9-25(10-12-26)15-18-2-3-20-19(14-18)6-13-30-20/h2-3,14,17H,4-13,15-16H2,1H3,(H,24,29). The molecule has 1 saturated carbocycles. The lowest BCUT2D eigenvalue weighted by Crippen LogP contribution is -2.52. The molecular weight excluding hydrogens is 380 g/mol. The molecular formula is C23H32N4O3. The first-order valence-electron chi connectivity index (χ1n) is 11.4. The summed E-state index contributed by atoms with van der Waals surface area (Å²) in [4.78, 5) is 31.8. The molecule has 0 atom stereocenters. The van der Waals surface area contributed by atoms with Crippen molar-refractivity contribution in [2.45, 2.75) is 51.1 Å². The largest absolute Gasteiger partial charge is 0.493 e. The van der Waals surface area contributed by atoms with Crippen LogP contribution in [0.5, 0.6) is 5.75 Å².